The predicted molar refractivity (Wildman–Crippen MR) is 101 cm³/mol. The van der Waals surface area contributed by atoms with Crippen LogP contribution in [0.4, 0.5) is 5.69 Å². The van der Waals surface area contributed by atoms with Crippen LogP contribution in [0.15, 0.2) is 48.5 Å². The molecule has 2 N–H and O–H groups in total. The van der Waals surface area contributed by atoms with Gasteiger partial charge in [0.2, 0.25) is 0 Å². The molecule has 2 aromatic rings. The summed E-state index contributed by atoms with van der Waals surface area (Å²) in [4.78, 5) is 46.1. The number of nitrogens with one attached hydrogen (secondary N) is 2. The second-order valence-electron chi connectivity index (χ2n) is 5.73. The number of carbonyl (C=O) groups is 4. The molecule has 2 aromatic carbocycles. The quantitative estimate of drug-likeness (QED) is 0.530. The Bertz CT molecular complexity index is 859. The number of Topliss-reactive ketones (excluding diaryl/α,β-unsaturated/α-hetero) is 1. The first-order valence-electron chi connectivity index (χ1n) is 8.40. The maximum atomic E-state index is 11.8. The second-order valence-corrected chi connectivity index (χ2v) is 5.73. The molecule has 0 aliphatic heterocycles. The fraction of sp³-hybridized carbons (Fsp3) is 0.200. The average molecular weight is 384 g/mol. The van der Waals surface area contributed by atoms with Crippen LogP contribution in [-0.2, 0) is 14.3 Å². The van der Waals surface area contributed by atoms with Gasteiger partial charge in [0.15, 0.2) is 19.0 Å². The molecule has 0 saturated carbocycles. The number of hydrogen-bond donors (Lipinski definition) is 2. The van der Waals surface area contributed by atoms with Crippen LogP contribution in [0.1, 0.15) is 27.6 Å². The number of ether oxygens (including phenoxy) is 2. The first kappa shape index (κ1) is 20.6. The van der Waals surface area contributed by atoms with E-state index in [1.165, 1.54) is 14.0 Å². The van der Waals surface area contributed by atoms with Crippen LogP contribution in [0.2, 0.25) is 0 Å². The Labute approximate surface area is 161 Å². The number of hydrogen-bond acceptors (Lipinski definition) is 6. The largest absolute Gasteiger partial charge is 0.482 e. The maximum absolute atomic E-state index is 11.8. The third-order valence-corrected chi connectivity index (χ3v) is 3.64. The van der Waals surface area contributed by atoms with Gasteiger partial charge in [-0.2, -0.15) is 0 Å². The van der Waals surface area contributed by atoms with E-state index in [0.29, 0.717) is 22.6 Å². The third-order valence-electron chi connectivity index (χ3n) is 3.64. The topological polar surface area (TPSA) is 111 Å². The third kappa shape index (κ3) is 6.24. The zero-order valence-corrected chi connectivity index (χ0v) is 15.5. The van der Waals surface area contributed by atoms with Gasteiger partial charge < -0.3 is 20.1 Å². The van der Waals surface area contributed by atoms with Crippen molar-refractivity contribution in [3.8, 4) is 5.75 Å². The molecule has 28 heavy (non-hydrogen) atoms. The number of amides is 2. The molecule has 0 atom stereocenters. The Kier molecular flexibility index (Phi) is 7.27. The highest BCUT2D eigenvalue weighted by Gasteiger charge is 2.10. The van der Waals surface area contributed by atoms with Crippen molar-refractivity contribution < 1.29 is 28.7 Å². The molecule has 0 aliphatic rings. The van der Waals surface area contributed by atoms with Gasteiger partial charge in [0, 0.05) is 23.9 Å². The second kappa shape index (κ2) is 9.86. The summed E-state index contributed by atoms with van der Waals surface area (Å²) in [6, 6.07) is 12.6. The lowest BCUT2D eigenvalue weighted by molar-refractivity contribution is -0.149. The Hall–Kier alpha value is -3.68. The molecule has 0 aliphatic carbocycles. The maximum Gasteiger partial charge on any atom is 0.344 e. The number of ketones is 1. The van der Waals surface area contributed by atoms with Crippen LogP contribution in [0.25, 0.3) is 0 Å². The Morgan fingerprint density at radius 1 is 0.857 bits per heavy atom. The number of rotatable bonds is 8. The molecule has 2 rings (SSSR count). The van der Waals surface area contributed by atoms with E-state index >= 15 is 0 Å². The molecule has 0 unspecified atom stereocenters. The minimum Gasteiger partial charge on any atom is -0.482 e. The molecule has 2 amide bonds. The molecule has 146 valence electrons. The van der Waals surface area contributed by atoms with Crippen LogP contribution in [0, 0.1) is 0 Å². The summed E-state index contributed by atoms with van der Waals surface area (Å²) in [5, 5.41) is 5.05. The van der Waals surface area contributed by atoms with Crippen molar-refractivity contribution in [3.05, 3.63) is 59.7 Å². The molecular formula is C20H20N2O6. The molecule has 0 bridgehead atoms. The summed E-state index contributed by atoms with van der Waals surface area (Å²) in [6.07, 6.45) is 0. The van der Waals surface area contributed by atoms with E-state index in [1.807, 2.05) is 0 Å². The molecule has 8 heteroatoms. The van der Waals surface area contributed by atoms with Gasteiger partial charge in [0.25, 0.3) is 11.8 Å². The highest BCUT2D eigenvalue weighted by atomic mass is 16.6. The van der Waals surface area contributed by atoms with Crippen molar-refractivity contribution in [2.24, 2.45) is 0 Å². The van der Waals surface area contributed by atoms with Crippen LogP contribution in [0.3, 0.4) is 0 Å². The van der Waals surface area contributed by atoms with Crippen LogP contribution >= 0.6 is 0 Å². The summed E-state index contributed by atoms with van der Waals surface area (Å²) in [5.41, 5.74) is 1.46. The number of esters is 1. The van der Waals surface area contributed by atoms with Crippen molar-refractivity contribution in [2.45, 2.75) is 6.92 Å². The molecule has 0 radical (unpaired) electrons. The number of benzene rings is 2. The van der Waals surface area contributed by atoms with Gasteiger partial charge in [-0.25, -0.2) is 4.79 Å². The van der Waals surface area contributed by atoms with E-state index in [4.69, 9.17) is 9.47 Å². The summed E-state index contributed by atoms with van der Waals surface area (Å²) < 4.78 is 10.1. The van der Waals surface area contributed by atoms with Gasteiger partial charge >= 0.3 is 5.97 Å². The smallest absolute Gasteiger partial charge is 0.344 e. The van der Waals surface area contributed by atoms with E-state index < -0.39 is 18.5 Å². The summed E-state index contributed by atoms with van der Waals surface area (Å²) in [5.74, 6) is -1.13. The minimum atomic E-state index is -0.708. The highest BCUT2D eigenvalue weighted by molar-refractivity contribution is 5.96. The first-order chi connectivity index (χ1) is 13.4. The zero-order chi connectivity index (χ0) is 20.5. The standard InChI is InChI=1S/C20H20N2O6/c1-13(23)14-5-9-17(10-6-14)27-12-19(25)28-11-18(24)22-16-7-3-15(4-8-16)20(26)21-2/h3-10H,11-12H2,1-2H3,(H,21,26)(H,22,24). The van der Waals surface area contributed by atoms with E-state index in [0.717, 1.165) is 0 Å². The van der Waals surface area contributed by atoms with E-state index in [1.54, 1.807) is 48.5 Å². The van der Waals surface area contributed by atoms with Gasteiger partial charge in [0.1, 0.15) is 5.75 Å². The highest BCUT2D eigenvalue weighted by Crippen LogP contribution is 2.13. The average Bonchev–Trinajstić information content (AvgIpc) is 2.71. The van der Waals surface area contributed by atoms with Crippen molar-refractivity contribution in [1.29, 1.82) is 0 Å². The fourth-order valence-corrected chi connectivity index (χ4v) is 2.16. The predicted octanol–water partition coefficient (Wildman–Crippen LogP) is 1.81. The Morgan fingerprint density at radius 3 is 2.04 bits per heavy atom. The number of carbonyl (C=O) groups excluding carboxylic acids is 4. The summed E-state index contributed by atoms with van der Waals surface area (Å²) in [7, 11) is 1.53. The van der Waals surface area contributed by atoms with E-state index in [-0.39, 0.29) is 18.3 Å². The summed E-state index contributed by atoms with van der Waals surface area (Å²) >= 11 is 0. The molecule has 0 spiro atoms. The normalized spacial score (nSPS) is 9.93. The minimum absolute atomic E-state index is 0.0692. The lowest BCUT2D eigenvalue weighted by atomic mass is 10.1. The van der Waals surface area contributed by atoms with Crippen molar-refractivity contribution in [3.63, 3.8) is 0 Å². The van der Waals surface area contributed by atoms with Crippen molar-refractivity contribution in [1.82, 2.24) is 5.32 Å². The molecule has 0 fully saturated rings. The Balaban J connectivity index is 1.73. The Morgan fingerprint density at radius 2 is 1.46 bits per heavy atom. The van der Waals surface area contributed by atoms with Crippen LogP contribution in [-0.4, -0.2) is 43.8 Å². The van der Waals surface area contributed by atoms with E-state index in [2.05, 4.69) is 10.6 Å². The number of anilines is 1. The zero-order valence-electron chi connectivity index (χ0n) is 15.5. The van der Waals surface area contributed by atoms with Gasteiger partial charge in [-0.3, -0.25) is 14.4 Å². The fourth-order valence-electron chi connectivity index (χ4n) is 2.16. The lowest BCUT2D eigenvalue weighted by Crippen LogP contribution is -2.23. The van der Waals surface area contributed by atoms with Crippen LogP contribution < -0.4 is 15.4 Å². The monoisotopic (exact) mass is 384 g/mol. The lowest BCUT2D eigenvalue weighted by Gasteiger charge is -2.08. The molecule has 8 nitrogen and oxygen atoms in total. The summed E-state index contributed by atoms with van der Waals surface area (Å²) in [6.45, 7) is 0.616. The van der Waals surface area contributed by atoms with Gasteiger partial charge in [0.05, 0.1) is 0 Å². The molecule has 0 saturated heterocycles. The molecular weight excluding hydrogens is 364 g/mol. The first-order valence-corrected chi connectivity index (χ1v) is 8.40. The van der Waals surface area contributed by atoms with Gasteiger partial charge in [-0.15, -0.1) is 0 Å². The van der Waals surface area contributed by atoms with Crippen LogP contribution in [0.5, 0.6) is 5.75 Å². The van der Waals surface area contributed by atoms with Gasteiger partial charge in [-0.1, -0.05) is 0 Å². The van der Waals surface area contributed by atoms with Crippen molar-refractivity contribution >= 4 is 29.3 Å². The van der Waals surface area contributed by atoms with E-state index in [9.17, 15) is 19.2 Å². The molecule has 0 aromatic heterocycles. The van der Waals surface area contributed by atoms with Gasteiger partial charge in [-0.05, 0) is 55.5 Å². The molecule has 0 heterocycles. The van der Waals surface area contributed by atoms with Crippen molar-refractivity contribution in [2.75, 3.05) is 25.6 Å². The SMILES string of the molecule is CNC(=O)c1ccc(NC(=O)COC(=O)COc2ccc(C(C)=O)cc2)cc1.